The van der Waals surface area contributed by atoms with Gasteiger partial charge in [0, 0.05) is 26.2 Å². The number of hydrogen-bond donors (Lipinski definition) is 4. The van der Waals surface area contributed by atoms with Crippen LogP contribution in [0.5, 0.6) is 0 Å². The molecule has 0 saturated carbocycles. The van der Waals surface area contributed by atoms with Crippen molar-refractivity contribution in [1.29, 1.82) is 0 Å². The fraction of sp³-hybridized carbons (Fsp3) is 0.500. The van der Waals surface area contributed by atoms with Crippen LogP contribution >= 0.6 is 25.3 Å². The largest absolute Gasteiger partial charge is 0.311 e. The normalized spacial score (nSPS) is 9.83. The van der Waals surface area contributed by atoms with E-state index in [-0.39, 0.29) is 0 Å². The van der Waals surface area contributed by atoms with Gasteiger partial charge in [-0.3, -0.25) is 0 Å². The Bertz CT molecular complexity index is 139. The second kappa shape index (κ2) is 7.73. The van der Waals surface area contributed by atoms with Crippen LogP contribution in [0, 0.1) is 0 Å². The van der Waals surface area contributed by atoms with E-state index in [4.69, 9.17) is 0 Å². The molecular formula is C8H16N2S2. The Labute approximate surface area is 85.3 Å². The molecule has 0 aliphatic heterocycles. The Morgan fingerprint density at radius 2 is 1.25 bits per heavy atom. The molecule has 0 aliphatic carbocycles. The summed E-state index contributed by atoms with van der Waals surface area (Å²) in [6.45, 7) is 10.6. The molecule has 0 aliphatic rings. The molecule has 0 unspecified atom stereocenters. The van der Waals surface area contributed by atoms with E-state index in [1.165, 1.54) is 0 Å². The van der Waals surface area contributed by atoms with E-state index in [1.54, 1.807) is 0 Å². The van der Waals surface area contributed by atoms with Crippen LogP contribution in [0.3, 0.4) is 0 Å². The molecule has 0 rings (SSSR count). The van der Waals surface area contributed by atoms with Gasteiger partial charge in [0.2, 0.25) is 0 Å². The third-order valence-corrected chi connectivity index (χ3v) is 1.45. The van der Waals surface area contributed by atoms with Crippen LogP contribution in [0.2, 0.25) is 0 Å². The lowest BCUT2D eigenvalue weighted by Crippen LogP contribution is -2.28. The molecule has 0 fully saturated rings. The summed E-state index contributed by atoms with van der Waals surface area (Å²) in [6.07, 6.45) is 0. The van der Waals surface area contributed by atoms with Gasteiger partial charge in [-0.05, 0) is 9.81 Å². The van der Waals surface area contributed by atoms with Gasteiger partial charge in [-0.15, -0.1) is 25.3 Å². The molecule has 2 nitrogen and oxygen atoms in total. The first kappa shape index (κ1) is 12.1. The predicted octanol–water partition coefficient (Wildman–Crippen LogP) is 1.05. The molecule has 2 N–H and O–H groups in total. The zero-order valence-electron chi connectivity index (χ0n) is 7.14. The van der Waals surface area contributed by atoms with Crippen molar-refractivity contribution in [2.45, 2.75) is 0 Å². The third-order valence-electron chi connectivity index (χ3n) is 1.14. The van der Waals surface area contributed by atoms with E-state index in [1.807, 2.05) is 0 Å². The third kappa shape index (κ3) is 10.1. The highest BCUT2D eigenvalue weighted by molar-refractivity contribution is 7.84. The van der Waals surface area contributed by atoms with Gasteiger partial charge < -0.3 is 10.6 Å². The predicted molar refractivity (Wildman–Crippen MR) is 62.0 cm³/mol. The number of hydrogen-bond acceptors (Lipinski definition) is 4. The van der Waals surface area contributed by atoms with Crippen molar-refractivity contribution in [3.8, 4) is 0 Å². The molecule has 0 aromatic heterocycles. The maximum atomic E-state index is 4.05. The molecule has 12 heavy (non-hydrogen) atoms. The molecule has 70 valence electrons. The summed E-state index contributed by atoms with van der Waals surface area (Å²) < 4.78 is 0. The fourth-order valence-electron chi connectivity index (χ4n) is 0.642. The van der Waals surface area contributed by atoms with Crippen LogP contribution < -0.4 is 10.6 Å². The van der Waals surface area contributed by atoms with Gasteiger partial charge in [-0.2, -0.15) is 0 Å². The van der Waals surface area contributed by atoms with E-state index in [0.29, 0.717) is 0 Å². The highest BCUT2D eigenvalue weighted by Crippen LogP contribution is 1.91. The van der Waals surface area contributed by atoms with Crippen LogP contribution in [0.15, 0.2) is 23.0 Å². The summed E-state index contributed by atoms with van der Waals surface area (Å²) in [6, 6.07) is 0. The Balaban J connectivity index is 3.01. The average Bonchev–Trinajstić information content (AvgIpc) is 1.95. The second-order valence-corrected chi connectivity index (χ2v) is 3.75. The van der Waals surface area contributed by atoms with E-state index in [2.05, 4.69) is 49.0 Å². The minimum atomic E-state index is 0.757. The minimum Gasteiger partial charge on any atom is -0.311 e. The Morgan fingerprint density at radius 1 is 0.917 bits per heavy atom. The highest BCUT2D eigenvalue weighted by atomic mass is 32.1. The van der Waals surface area contributed by atoms with Crippen molar-refractivity contribution in [1.82, 2.24) is 10.6 Å². The van der Waals surface area contributed by atoms with Crippen LogP contribution in [0.4, 0.5) is 0 Å². The van der Waals surface area contributed by atoms with Gasteiger partial charge in [0.25, 0.3) is 0 Å². The maximum Gasteiger partial charge on any atom is 0.0257 e. The van der Waals surface area contributed by atoms with Crippen molar-refractivity contribution in [3.05, 3.63) is 23.0 Å². The zero-order chi connectivity index (χ0) is 9.40. The van der Waals surface area contributed by atoms with E-state index >= 15 is 0 Å². The first-order valence-electron chi connectivity index (χ1n) is 3.78. The maximum absolute atomic E-state index is 4.05. The van der Waals surface area contributed by atoms with E-state index in [0.717, 1.165) is 36.0 Å². The summed E-state index contributed by atoms with van der Waals surface area (Å²) in [5, 5.41) is 6.33. The quantitative estimate of drug-likeness (QED) is 0.368. The fourth-order valence-corrected chi connectivity index (χ4v) is 0.866. The van der Waals surface area contributed by atoms with Crippen molar-refractivity contribution in [2.75, 3.05) is 26.2 Å². The Hall–Kier alpha value is 0.1000. The van der Waals surface area contributed by atoms with Crippen molar-refractivity contribution in [3.63, 3.8) is 0 Å². The summed E-state index contributed by atoms with van der Waals surface area (Å²) >= 11 is 8.10. The smallest absolute Gasteiger partial charge is 0.0257 e. The zero-order valence-corrected chi connectivity index (χ0v) is 8.93. The molecule has 0 aromatic carbocycles. The first-order chi connectivity index (χ1) is 5.63. The van der Waals surface area contributed by atoms with Crippen LogP contribution in [-0.4, -0.2) is 26.2 Å². The molecule has 4 heteroatoms. The molecular weight excluding hydrogens is 188 g/mol. The van der Waals surface area contributed by atoms with Gasteiger partial charge >= 0.3 is 0 Å². The van der Waals surface area contributed by atoms with Crippen molar-refractivity contribution in [2.24, 2.45) is 0 Å². The molecule has 0 amide bonds. The Morgan fingerprint density at radius 3 is 1.50 bits per heavy atom. The molecule has 0 saturated heterocycles. The summed E-state index contributed by atoms with van der Waals surface area (Å²) in [4.78, 5) is 1.71. The average molecular weight is 204 g/mol. The summed E-state index contributed by atoms with van der Waals surface area (Å²) in [7, 11) is 0. The van der Waals surface area contributed by atoms with E-state index in [9.17, 15) is 0 Å². The monoisotopic (exact) mass is 204 g/mol. The molecule has 0 radical (unpaired) electrons. The van der Waals surface area contributed by atoms with Gasteiger partial charge in [0.1, 0.15) is 0 Å². The number of thiol groups is 2. The van der Waals surface area contributed by atoms with Gasteiger partial charge in [0.15, 0.2) is 0 Å². The standard InChI is InChI=1S/C8H16N2S2/c1-7(11)5-9-3-4-10-6-8(2)12/h9-12H,1-6H2. The molecule has 0 atom stereocenters. The molecule has 0 spiro atoms. The summed E-state index contributed by atoms with van der Waals surface area (Å²) in [5.74, 6) is 0. The Kier molecular flexibility index (Phi) is 7.80. The van der Waals surface area contributed by atoms with Gasteiger partial charge in [-0.1, -0.05) is 13.2 Å². The lowest BCUT2D eigenvalue weighted by atomic mass is 10.5. The van der Waals surface area contributed by atoms with E-state index < -0.39 is 0 Å². The lowest BCUT2D eigenvalue weighted by Gasteiger charge is -2.04. The van der Waals surface area contributed by atoms with Gasteiger partial charge in [-0.25, -0.2) is 0 Å². The van der Waals surface area contributed by atoms with Gasteiger partial charge in [0.05, 0.1) is 0 Å². The topological polar surface area (TPSA) is 24.1 Å². The number of nitrogens with one attached hydrogen (secondary N) is 2. The molecule has 0 bridgehead atoms. The van der Waals surface area contributed by atoms with Crippen LogP contribution in [0.1, 0.15) is 0 Å². The first-order valence-corrected chi connectivity index (χ1v) is 4.67. The highest BCUT2D eigenvalue weighted by Gasteiger charge is 1.88. The van der Waals surface area contributed by atoms with Crippen LogP contribution in [0.25, 0.3) is 0 Å². The number of rotatable bonds is 7. The molecule has 0 heterocycles. The lowest BCUT2D eigenvalue weighted by molar-refractivity contribution is 0.665. The van der Waals surface area contributed by atoms with Crippen LogP contribution in [-0.2, 0) is 0 Å². The SMILES string of the molecule is C=C(S)CNCCNCC(=C)S. The van der Waals surface area contributed by atoms with Crippen molar-refractivity contribution < 1.29 is 0 Å². The molecule has 0 aromatic rings. The second-order valence-electron chi connectivity index (χ2n) is 2.49. The van der Waals surface area contributed by atoms with Crippen molar-refractivity contribution >= 4 is 25.3 Å². The summed E-state index contributed by atoms with van der Waals surface area (Å²) in [5.41, 5.74) is 0. The minimum absolute atomic E-state index is 0.757.